The van der Waals surface area contributed by atoms with Crippen LogP contribution in [0.1, 0.15) is 51.0 Å². The van der Waals surface area contributed by atoms with Crippen molar-refractivity contribution >= 4 is 0 Å². The summed E-state index contributed by atoms with van der Waals surface area (Å²) in [5.41, 5.74) is 2.52. The Bertz CT molecular complexity index is 393. The zero-order valence-electron chi connectivity index (χ0n) is 11.5. The van der Waals surface area contributed by atoms with E-state index in [4.69, 9.17) is 0 Å². The molecule has 0 saturated carbocycles. The predicted molar refractivity (Wildman–Crippen MR) is 76.6 cm³/mol. The van der Waals surface area contributed by atoms with Gasteiger partial charge in [0, 0.05) is 5.92 Å². The Balaban J connectivity index is 2.25. The summed E-state index contributed by atoms with van der Waals surface area (Å²) in [4.78, 5) is 0. The fourth-order valence-corrected chi connectivity index (χ4v) is 2.95. The second-order valence-corrected chi connectivity index (χ2v) is 5.44. The highest BCUT2D eigenvalue weighted by Crippen LogP contribution is 2.36. The van der Waals surface area contributed by atoms with E-state index >= 15 is 0 Å². The highest BCUT2D eigenvalue weighted by Gasteiger charge is 2.29. The molecule has 1 aliphatic rings. The normalized spacial score (nSPS) is 20.3. The number of rotatable bonds is 5. The van der Waals surface area contributed by atoms with E-state index in [1.807, 2.05) is 6.07 Å². The fourth-order valence-electron chi connectivity index (χ4n) is 2.95. The van der Waals surface area contributed by atoms with E-state index in [0.717, 1.165) is 19.3 Å². The Morgan fingerprint density at radius 2 is 1.94 bits per heavy atom. The van der Waals surface area contributed by atoms with Gasteiger partial charge in [-0.3, -0.25) is 0 Å². The van der Waals surface area contributed by atoms with Gasteiger partial charge in [-0.1, -0.05) is 56.7 Å². The first kappa shape index (κ1) is 13.4. The van der Waals surface area contributed by atoms with Crippen LogP contribution in [-0.4, -0.2) is 11.2 Å². The summed E-state index contributed by atoms with van der Waals surface area (Å²) >= 11 is 0. The van der Waals surface area contributed by atoms with Gasteiger partial charge in [-0.15, -0.1) is 0 Å². The van der Waals surface area contributed by atoms with E-state index in [-0.39, 0.29) is 12.0 Å². The average molecular weight is 244 g/mol. The summed E-state index contributed by atoms with van der Waals surface area (Å²) in [6, 6.07) is 10.5. The number of allylic oxidation sites excluding steroid dienone is 1. The smallest absolute Gasteiger partial charge is 0.0821 e. The first-order chi connectivity index (χ1) is 8.74. The molecule has 18 heavy (non-hydrogen) atoms. The molecule has 0 aromatic heterocycles. The number of hydrogen-bond donors (Lipinski definition) is 1. The quantitative estimate of drug-likeness (QED) is 0.766. The fraction of sp³-hybridized carbons (Fsp3) is 0.529. The van der Waals surface area contributed by atoms with Gasteiger partial charge in [0.15, 0.2) is 0 Å². The first-order valence-corrected chi connectivity index (χ1v) is 7.16. The van der Waals surface area contributed by atoms with Crippen molar-refractivity contribution in [3.05, 3.63) is 47.5 Å². The molecule has 0 spiro atoms. The third-order valence-corrected chi connectivity index (χ3v) is 4.24. The second kappa shape index (κ2) is 6.19. The SMILES string of the molecule is CCC(C)C(c1ccccc1)C(O)C1=CCCC1. The molecule has 1 nitrogen and oxygen atoms in total. The van der Waals surface area contributed by atoms with Crippen LogP contribution in [-0.2, 0) is 0 Å². The maximum Gasteiger partial charge on any atom is 0.0821 e. The number of hydrogen-bond acceptors (Lipinski definition) is 1. The van der Waals surface area contributed by atoms with E-state index in [1.165, 1.54) is 17.6 Å². The van der Waals surface area contributed by atoms with Crippen molar-refractivity contribution in [3.63, 3.8) is 0 Å². The van der Waals surface area contributed by atoms with Crippen LogP contribution in [0.4, 0.5) is 0 Å². The lowest BCUT2D eigenvalue weighted by Gasteiger charge is -2.29. The summed E-state index contributed by atoms with van der Waals surface area (Å²) in [6.07, 6.45) is 6.45. The predicted octanol–water partition coefficient (Wildman–Crippen LogP) is 4.29. The van der Waals surface area contributed by atoms with Gasteiger partial charge >= 0.3 is 0 Å². The van der Waals surface area contributed by atoms with Crippen LogP contribution in [0.15, 0.2) is 42.0 Å². The van der Waals surface area contributed by atoms with Gasteiger partial charge in [0.25, 0.3) is 0 Å². The maximum atomic E-state index is 10.7. The van der Waals surface area contributed by atoms with Gasteiger partial charge in [0.1, 0.15) is 0 Å². The van der Waals surface area contributed by atoms with Crippen molar-refractivity contribution < 1.29 is 5.11 Å². The molecule has 1 aliphatic carbocycles. The molecule has 1 aromatic carbocycles. The summed E-state index contributed by atoms with van der Waals surface area (Å²) in [6.45, 7) is 4.45. The van der Waals surface area contributed by atoms with E-state index in [2.05, 4.69) is 44.2 Å². The van der Waals surface area contributed by atoms with E-state index in [9.17, 15) is 5.11 Å². The van der Waals surface area contributed by atoms with Crippen LogP contribution < -0.4 is 0 Å². The van der Waals surface area contributed by atoms with Crippen molar-refractivity contribution in [2.24, 2.45) is 5.92 Å². The highest BCUT2D eigenvalue weighted by molar-refractivity contribution is 5.27. The molecule has 0 heterocycles. The van der Waals surface area contributed by atoms with Crippen molar-refractivity contribution in [2.75, 3.05) is 0 Å². The summed E-state index contributed by atoms with van der Waals surface area (Å²) in [7, 11) is 0. The second-order valence-electron chi connectivity index (χ2n) is 5.44. The number of benzene rings is 1. The molecule has 1 aromatic rings. The Hall–Kier alpha value is -1.08. The topological polar surface area (TPSA) is 20.2 Å². The monoisotopic (exact) mass is 244 g/mol. The lowest BCUT2D eigenvalue weighted by Crippen LogP contribution is -2.25. The minimum Gasteiger partial charge on any atom is -0.388 e. The zero-order valence-corrected chi connectivity index (χ0v) is 11.5. The van der Waals surface area contributed by atoms with Crippen molar-refractivity contribution in [2.45, 2.75) is 51.6 Å². The molecule has 0 amide bonds. The molecule has 3 unspecified atom stereocenters. The Kier molecular flexibility index (Phi) is 4.60. The Morgan fingerprint density at radius 1 is 1.22 bits per heavy atom. The third-order valence-electron chi connectivity index (χ3n) is 4.24. The summed E-state index contributed by atoms with van der Waals surface area (Å²) in [5, 5.41) is 10.7. The van der Waals surface area contributed by atoms with Gasteiger partial charge in [-0.25, -0.2) is 0 Å². The number of aliphatic hydroxyl groups is 1. The Labute approximate surface area is 111 Å². The van der Waals surface area contributed by atoms with Crippen LogP contribution in [0.3, 0.4) is 0 Å². The highest BCUT2D eigenvalue weighted by atomic mass is 16.3. The van der Waals surface area contributed by atoms with Gasteiger partial charge in [0.2, 0.25) is 0 Å². The molecule has 1 N–H and O–H groups in total. The molecular formula is C17H24O. The van der Waals surface area contributed by atoms with Gasteiger partial charge in [-0.2, -0.15) is 0 Å². The standard InChI is InChI=1S/C17H24O/c1-3-13(2)16(14-9-5-4-6-10-14)17(18)15-11-7-8-12-15/h4-6,9-11,13,16-18H,3,7-8,12H2,1-2H3. The first-order valence-electron chi connectivity index (χ1n) is 7.16. The summed E-state index contributed by atoms with van der Waals surface area (Å²) in [5.74, 6) is 0.740. The van der Waals surface area contributed by atoms with Crippen LogP contribution in [0.25, 0.3) is 0 Å². The zero-order chi connectivity index (χ0) is 13.0. The maximum absolute atomic E-state index is 10.7. The van der Waals surface area contributed by atoms with Crippen LogP contribution in [0, 0.1) is 5.92 Å². The van der Waals surface area contributed by atoms with Crippen molar-refractivity contribution in [3.8, 4) is 0 Å². The molecule has 1 heteroatoms. The average Bonchev–Trinajstić information content (AvgIpc) is 2.94. The van der Waals surface area contributed by atoms with E-state index < -0.39 is 0 Å². The van der Waals surface area contributed by atoms with Gasteiger partial charge in [0.05, 0.1) is 6.10 Å². The lowest BCUT2D eigenvalue weighted by molar-refractivity contribution is 0.147. The van der Waals surface area contributed by atoms with Crippen molar-refractivity contribution in [1.82, 2.24) is 0 Å². The van der Waals surface area contributed by atoms with E-state index in [1.54, 1.807) is 0 Å². The van der Waals surface area contributed by atoms with Crippen LogP contribution in [0.5, 0.6) is 0 Å². The lowest BCUT2D eigenvalue weighted by atomic mass is 9.79. The largest absolute Gasteiger partial charge is 0.388 e. The molecule has 0 aliphatic heterocycles. The third kappa shape index (κ3) is 2.84. The molecular weight excluding hydrogens is 220 g/mol. The van der Waals surface area contributed by atoms with Crippen LogP contribution >= 0.6 is 0 Å². The molecule has 0 saturated heterocycles. The van der Waals surface area contributed by atoms with Crippen molar-refractivity contribution in [1.29, 1.82) is 0 Å². The molecule has 0 radical (unpaired) electrons. The van der Waals surface area contributed by atoms with Gasteiger partial charge in [-0.05, 0) is 36.3 Å². The summed E-state index contributed by atoms with van der Waals surface area (Å²) < 4.78 is 0. The molecule has 0 fully saturated rings. The van der Waals surface area contributed by atoms with Crippen LogP contribution in [0.2, 0.25) is 0 Å². The van der Waals surface area contributed by atoms with E-state index in [0.29, 0.717) is 5.92 Å². The molecule has 3 atom stereocenters. The molecule has 2 rings (SSSR count). The minimum absolute atomic E-state index is 0.237. The Morgan fingerprint density at radius 3 is 2.50 bits per heavy atom. The van der Waals surface area contributed by atoms with Gasteiger partial charge < -0.3 is 5.11 Å². The number of aliphatic hydroxyl groups excluding tert-OH is 1. The molecule has 0 bridgehead atoms. The minimum atomic E-state index is -0.301. The molecule has 98 valence electrons.